The molecule has 1 aromatic rings. The highest BCUT2D eigenvalue weighted by Crippen LogP contribution is 2.21. The summed E-state index contributed by atoms with van der Waals surface area (Å²) in [6.45, 7) is 8.49. The molecule has 1 aromatic carbocycles. The van der Waals surface area contributed by atoms with Gasteiger partial charge in [0.25, 0.3) is 0 Å². The Morgan fingerprint density at radius 3 is 2.28 bits per heavy atom. The average Bonchev–Trinajstić information content (AvgIpc) is 2.39. The van der Waals surface area contributed by atoms with Gasteiger partial charge in [-0.05, 0) is 36.5 Å². The number of hydrogen-bond donors (Lipinski definition) is 1. The molecule has 18 heavy (non-hydrogen) atoms. The van der Waals surface area contributed by atoms with Crippen molar-refractivity contribution in [3.05, 3.63) is 29.8 Å². The summed E-state index contributed by atoms with van der Waals surface area (Å²) in [5.74, 6) is 0.783. The van der Waals surface area contributed by atoms with Gasteiger partial charge >= 0.3 is 0 Å². The van der Waals surface area contributed by atoms with E-state index in [-0.39, 0.29) is 11.8 Å². The first kappa shape index (κ1) is 14.7. The molecule has 0 aliphatic rings. The zero-order valence-electron chi connectivity index (χ0n) is 12.0. The fourth-order valence-electron chi connectivity index (χ4n) is 1.96. The third-order valence-electron chi connectivity index (χ3n) is 3.53. The molecule has 0 bridgehead atoms. The molecule has 1 amide bonds. The minimum Gasteiger partial charge on any atom is -0.326 e. The molecule has 2 atom stereocenters. The molecule has 0 unspecified atom stereocenters. The van der Waals surface area contributed by atoms with Gasteiger partial charge in [0.2, 0.25) is 5.91 Å². The number of rotatable bonds is 6. The summed E-state index contributed by atoms with van der Waals surface area (Å²) in [4.78, 5) is 11.9. The van der Waals surface area contributed by atoms with E-state index in [4.69, 9.17) is 0 Å². The second-order valence-electron chi connectivity index (χ2n) is 5.11. The average molecular weight is 247 g/mol. The van der Waals surface area contributed by atoms with Crippen molar-refractivity contribution < 1.29 is 4.79 Å². The van der Waals surface area contributed by atoms with Crippen molar-refractivity contribution in [1.82, 2.24) is 0 Å². The van der Waals surface area contributed by atoms with Crippen LogP contribution in [0.25, 0.3) is 0 Å². The van der Waals surface area contributed by atoms with Crippen molar-refractivity contribution in [2.45, 2.75) is 52.9 Å². The maximum atomic E-state index is 11.9. The van der Waals surface area contributed by atoms with Crippen molar-refractivity contribution in [1.29, 1.82) is 0 Å². The van der Waals surface area contributed by atoms with Crippen LogP contribution in [0, 0.1) is 5.92 Å². The molecule has 0 fully saturated rings. The Morgan fingerprint density at radius 1 is 1.17 bits per heavy atom. The SMILES string of the molecule is CCC[C@@H](C)C(=O)Nc1ccc([C@H](C)CC)cc1. The monoisotopic (exact) mass is 247 g/mol. The molecule has 2 heteroatoms. The fraction of sp³-hybridized carbons (Fsp3) is 0.562. The van der Waals surface area contributed by atoms with Gasteiger partial charge in [-0.3, -0.25) is 4.79 Å². The summed E-state index contributed by atoms with van der Waals surface area (Å²) in [5.41, 5.74) is 2.23. The van der Waals surface area contributed by atoms with E-state index >= 15 is 0 Å². The molecule has 0 heterocycles. The first-order valence-electron chi connectivity index (χ1n) is 6.99. The van der Waals surface area contributed by atoms with E-state index in [1.54, 1.807) is 0 Å². The van der Waals surface area contributed by atoms with Gasteiger partial charge in [0.1, 0.15) is 0 Å². The second-order valence-corrected chi connectivity index (χ2v) is 5.11. The number of benzene rings is 1. The Hall–Kier alpha value is -1.31. The summed E-state index contributed by atoms with van der Waals surface area (Å²) in [7, 11) is 0. The third-order valence-corrected chi connectivity index (χ3v) is 3.53. The van der Waals surface area contributed by atoms with Crippen LogP contribution in [0.5, 0.6) is 0 Å². The number of nitrogens with one attached hydrogen (secondary N) is 1. The van der Waals surface area contributed by atoms with Crippen LogP contribution in [0.1, 0.15) is 58.4 Å². The molecule has 2 nitrogen and oxygen atoms in total. The molecule has 1 N–H and O–H groups in total. The molecular formula is C16H25NO. The van der Waals surface area contributed by atoms with Crippen LogP contribution in [0.15, 0.2) is 24.3 Å². The van der Waals surface area contributed by atoms with Gasteiger partial charge in [-0.2, -0.15) is 0 Å². The number of amides is 1. The highest BCUT2D eigenvalue weighted by molar-refractivity contribution is 5.92. The molecule has 0 aliphatic carbocycles. The van der Waals surface area contributed by atoms with Gasteiger partial charge in [0.05, 0.1) is 0 Å². The molecule has 100 valence electrons. The van der Waals surface area contributed by atoms with Gasteiger partial charge in [-0.15, -0.1) is 0 Å². The van der Waals surface area contributed by atoms with Crippen LogP contribution in [-0.2, 0) is 4.79 Å². The maximum Gasteiger partial charge on any atom is 0.227 e. The maximum absolute atomic E-state index is 11.9. The molecule has 0 saturated heterocycles. The smallest absolute Gasteiger partial charge is 0.227 e. The number of carbonyl (C=O) groups is 1. The zero-order valence-corrected chi connectivity index (χ0v) is 12.0. The van der Waals surface area contributed by atoms with Crippen molar-refractivity contribution in [2.75, 3.05) is 5.32 Å². The summed E-state index contributed by atoms with van der Waals surface area (Å²) in [6.07, 6.45) is 3.12. The van der Waals surface area contributed by atoms with E-state index in [0.717, 1.165) is 24.9 Å². The predicted octanol–water partition coefficient (Wildman–Crippen LogP) is 4.57. The van der Waals surface area contributed by atoms with E-state index in [9.17, 15) is 4.79 Å². The van der Waals surface area contributed by atoms with E-state index < -0.39 is 0 Å². The minimum absolute atomic E-state index is 0.0873. The number of carbonyl (C=O) groups excluding carboxylic acids is 1. The Labute approximate surface area is 111 Å². The Kier molecular flexibility index (Phi) is 5.90. The van der Waals surface area contributed by atoms with Crippen LogP contribution in [0.3, 0.4) is 0 Å². The van der Waals surface area contributed by atoms with Crippen molar-refractivity contribution in [3.63, 3.8) is 0 Å². The number of hydrogen-bond acceptors (Lipinski definition) is 1. The van der Waals surface area contributed by atoms with E-state index in [1.165, 1.54) is 5.56 Å². The summed E-state index contributed by atoms with van der Waals surface area (Å²) >= 11 is 0. The lowest BCUT2D eigenvalue weighted by Gasteiger charge is -2.13. The van der Waals surface area contributed by atoms with Crippen molar-refractivity contribution in [3.8, 4) is 0 Å². The van der Waals surface area contributed by atoms with Crippen molar-refractivity contribution >= 4 is 11.6 Å². The topological polar surface area (TPSA) is 29.1 Å². The van der Waals surface area contributed by atoms with Gasteiger partial charge in [0.15, 0.2) is 0 Å². The molecule has 0 spiro atoms. The summed E-state index contributed by atoms with van der Waals surface area (Å²) < 4.78 is 0. The Bertz CT molecular complexity index is 369. The fourth-order valence-corrected chi connectivity index (χ4v) is 1.96. The third kappa shape index (κ3) is 4.17. The van der Waals surface area contributed by atoms with E-state index in [2.05, 4.69) is 38.2 Å². The largest absolute Gasteiger partial charge is 0.326 e. The predicted molar refractivity (Wildman–Crippen MR) is 77.8 cm³/mol. The summed E-state index contributed by atoms with van der Waals surface area (Å²) in [6, 6.07) is 8.21. The first-order chi connectivity index (χ1) is 8.58. The molecule has 0 aromatic heterocycles. The first-order valence-corrected chi connectivity index (χ1v) is 6.99. The zero-order chi connectivity index (χ0) is 13.5. The standard InChI is InChI=1S/C16H25NO/c1-5-7-13(4)16(18)17-15-10-8-14(9-11-15)12(3)6-2/h8-13H,5-7H2,1-4H3,(H,17,18)/t12-,13-/m1/s1. The van der Waals surface area contributed by atoms with E-state index in [1.807, 2.05) is 19.1 Å². The second kappa shape index (κ2) is 7.20. The lowest BCUT2D eigenvalue weighted by molar-refractivity contribution is -0.119. The Balaban J connectivity index is 2.61. The lowest BCUT2D eigenvalue weighted by Crippen LogP contribution is -2.20. The molecule has 0 aliphatic heterocycles. The lowest BCUT2D eigenvalue weighted by atomic mass is 9.98. The van der Waals surface area contributed by atoms with Crippen LogP contribution in [0.2, 0.25) is 0 Å². The normalized spacial score (nSPS) is 14.0. The highest BCUT2D eigenvalue weighted by atomic mass is 16.1. The minimum atomic E-state index is 0.0873. The highest BCUT2D eigenvalue weighted by Gasteiger charge is 2.11. The summed E-state index contributed by atoms with van der Waals surface area (Å²) in [5, 5.41) is 2.97. The molecule has 0 radical (unpaired) electrons. The molecular weight excluding hydrogens is 222 g/mol. The van der Waals surface area contributed by atoms with Crippen LogP contribution in [0.4, 0.5) is 5.69 Å². The van der Waals surface area contributed by atoms with Crippen molar-refractivity contribution in [2.24, 2.45) is 5.92 Å². The van der Waals surface area contributed by atoms with E-state index in [0.29, 0.717) is 5.92 Å². The quantitative estimate of drug-likeness (QED) is 0.783. The molecule has 0 saturated carbocycles. The van der Waals surface area contributed by atoms with Gasteiger partial charge in [-0.1, -0.05) is 46.2 Å². The Morgan fingerprint density at radius 2 is 1.78 bits per heavy atom. The van der Waals surface area contributed by atoms with Gasteiger partial charge in [-0.25, -0.2) is 0 Å². The van der Waals surface area contributed by atoms with Crippen LogP contribution >= 0.6 is 0 Å². The van der Waals surface area contributed by atoms with Gasteiger partial charge in [0, 0.05) is 11.6 Å². The molecule has 1 rings (SSSR count). The van der Waals surface area contributed by atoms with Crippen LogP contribution in [-0.4, -0.2) is 5.91 Å². The number of anilines is 1. The van der Waals surface area contributed by atoms with Gasteiger partial charge < -0.3 is 5.32 Å². The van der Waals surface area contributed by atoms with Crippen LogP contribution < -0.4 is 5.32 Å².